The molecule has 6 nitrogen and oxygen atoms in total. The summed E-state index contributed by atoms with van der Waals surface area (Å²) in [6, 6.07) is 0. The molecule has 2 spiro atoms. The zero-order valence-corrected chi connectivity index (χ0v) is 18.7. The molecule has 0 radical (unpaired) electrons. The summed E-state index contributed by atoms with van der Waals surface area (Å²) in [6.07, 6.45) is 2.65. The number of hydrogen-bond acceptors (Lipinski definition) is 6. The second-order valence-electron chi connectivity index (χ2n) is 12.1. The van der Waals surface area contributed by atoms with Gasteiger partial charge in [-0.25, -0.2) is 4.79 Å². The van der Waals surface area contributed by atoms with Gasteiger partial charge in [-0.2, -0.15) is 0 Å². The van der Waals surface area contributed by atoms with Gasteiger partial charge in [0.1, 0.15) is 36.1 Å². The lowest BCUT2D eigenvalue weighted by atomic mass is 9.46. The van der Waals surface area contributed by atoms with Crippen LogP contribution in [0.5, 0.6) is 0 Å². The number of esters is 1. The van der Waals surface area contributed by atoms with Crippen molar-refractivity contribution in [3.8, 4) is 0 Å². The largest absolute Gasteiger partial charge is 0.458 e. The summed E-state index contributed by atoms with van der Waals surface area (Å²) in [5.74, 6) is 0.468. The van der Waals surface area contributed by atoms with E-state index in [0.29, 0.717) is 12.5 Å². The molecule has 4 aliphatic heterocycles. The number of fused-ring (bicyclic) bond motifs is 4. The molecule has 1 unspecified atom stereocenters. The van der Waals surface area contributed by atoms with Crippen LogP contribution < -0.4 is 0 Å². The predicted molar refractivity (Wildman–Crippen MR) is 106 cm³/mol. The van der Waals surface area contributed by atoms with E-state index in [-0.39, 0.29) is 52.9 Å². The van der Waals surface area contributed by atoms with E-state index >= 15 is 0 Å². The highest BCUT2D eigenvalue weighted by Gasteiger charge is 3.00. The van der Waals surface area contributed by atoms with Crippen molar-refractivity contribution >= 4 is 5.97 Å². The average molecular weight is 417 g/mol. The Kier molecular flexibility index (Phi) is 3.01. The predicted octanol–water partition coefficient (Wildman–Crippen LogP) is 2.93. The Hall–Kier alpha value is -0.950. The molecule has 5 fully saturated rings. The molecule has 3 aliphatic carbocycles. The van der Waals surface area contributed by atoms with Gasteiger partial charge in [-0.1, -0.05) is 20.8 Å². The third-order valence-corrected chi connectivity index (χ3v) is 9.54. The lowest BCUT2D eigenvalue weighted by Gasteiger charge is -2.54. The Balaban J connectivity index is 1.37. The van der Waals surface area contributed by atoms with Crippen molar-refractivity contribution in [1.29, 1.82) is 0 Å². The average Bonchev–Trinajstić information content (AvgIpc) is 3.52. The molecule has 164 valence electrons. The van der Waals surface area contributed by atoms with Crippen LogP contribution in [0.2, 0.25) is 0 Å². The molecule has 0 N–H and O–H groups in total. The van der Waals surface area contributed by atoms with Gasteiger partial charge < -0.3 is 23.7 Å². The molecule has 0 aromatic rings. The molecule has 0 amide bonds. The summed E-state index contributed by atoms with van der Waals surface area (Å²) in [7, 11) is 0. The SMILES string of the molecule is CC(C)[C@]12O[C@H]1[C@@H]1O[C@]13[C@]1(O[C@H]1CC1C4=C(CC[C@@]13C)C(=O)OC4)[C@@H]2OC(C)(C)C. The molecular formula is C24H32O6. The second-order valence-corrected chi connectivity index (χ2v) is 12.1. The van der Waals surface area contributed by atoms with E-state index in [1.807, 2.05) is 0 Å². The van der Waals surface area contributed by atoms with Crippen LogP contribution in [0.1, 0.15) is 60.8 Å². The molecule has 2 saturated carbocycles. The van der Waals surface area contributed by atoms with Crippen LogP contribution in [0.25, 0.3) is 0 Å². The molecule has 9 atom stereocenters. The Bertz CT molecular complexity index is 917. The van der Waals surface area contributed by atoms with Crippen molar-refractivity contribution in [2.75, 3.05) is 6.61 Å². The molecule has 30 heavy (non-hydrogen) atoms. The van der Waals surface area contributed by atoms with Crippen LogP contribution in [-0.2, 0) is 28.5 Å². The van der Waals surface area contributed by atoms with Crippen molar-refractivity contribution < 1.29 is 28.5 Å². The Morgan fingerprint density at radius 1 is 1.13 bits per heavy atom. The van der Waals surface area contributed by atoms with Gasteiger partial charge in [0, 0.05) is 11.0 Å². The maximum atomic E-state index is 12.3. The minimum atomic E-state index is -0.449. The van der Waals surface area contributed by atoms with E-state index in [4.69, 9.17) is 23.7 Å². The highest BCUT2D eigenvalue weighted by atomic mass is 16.8. The summed E-state index contributed by atoms with van der Waals surface area (Å²) in [5, 5.41) is 0. The zero-order valence-electron chi connectivity index (χ0n) is 18.7. The molecule has 3 saturated heterocycles. The van der Waals surface area contributed by atoms with E-state index in [1.165, 1.54) is 5.57 Å². The lowest BCUT2D eigenvalue weighted by molar-refractivity contribution is -0.169. The molecule has 6 heteroatoms. The first-order valence-corrected chi connectivity index (χ1v) is 11.6. The van der Waals surface area contributed by atoms with Gasteiger partial charge in [0.25, 0.3) is 0 Å². The molecule has 7 aliphatic rings. The Labute approximate surface area is 177 Å². The minimum Gasteiger partial charge on any atom is -0.458 e. The smallest absolute Gasteiger partial charge is 0.334 e. The van der Waals surface area contributed by atoms with Gasteiger partial charge in [-0.05, 0) is 57.4 Å². The first kappa shape index (κ1) is 18.6. The van der Waals surface area contributed by atoms with Crippen LogP contribution >= 0.6 is 0 Å². The summed E-state index contributed by atoms with van der Waals surface area (Å²) < 4.78 is 32.2. The quantitative estimate of drug-likeness (QED) is 0.509. The van der Waals surface area contributed by atoms with Gasteiger partial charge in [-0.15, -0.1) is 0 Å². The maximum absolute atomic E-state index is 12.3. The van der Waals surface area contributed by atoms with Crippen LogP contribution in [0.4, 0.5) is 0 Å². The van der Waals surface area contributed by atoms with E-state index < -0.39 is 11.2 Å². The van der Waals surface area contributed by atoms with Crippen LogP contribution in [0.15, 0.2) is 11.1 Å². The third-order valence-electron chi connectivity index (χ3n) is 9.54. The molecule has 0 bridgehead atoms. The number of cyclic esters (lactones) is 1. The summed E-state index contributed by atoms with van der Waals surface area (Å²) >= 11 is 0. The number of carbonyl (C=O) groups is 1. The van der Waals surface area contributed by atoms with Crippen molar-refractivity contribution in [1.82, 2.24) is 0 Å². The standard InChI is InChI=1S/C24H32O6/c1-11(2)22-16(28-22)17-24(29-17)21(6)8-7-12-13(10-26-18(12)25)14(21)9-15-23(24,27-15)19(22)30-20(3,4)5/h11,14-17,19H,7-10H2,1-6H3/t14?,15-,16-,17-,19+,21-,22-,23+,24+/m0/s1. The normalized spacial score (nSPS) is 56.9. The fourth-order valence-corrected chi connectivity index (χ4v) is 8.20. The molecule has 4 heterocycles. The van der Waals surface area contributed by atoms with Gasteiger partial charge in [0.05, 0.1) is 11.7 Å². The summed E-state index contributed by atoms with van der Waals surface area (Å²) in [5.41, 5.74) is 0.530. The van der Waals surface area contributed by atoms with E-state index in [9.17, 15) is 4.79 Å². The minimum absolute atomic E-state index is 0.0534. The summed E-state index contributed by atoms with van der Waals surface area (Å²) in [4.78, 5) is 12.3. The van der Waals surface area contributed by atoms with Gasteiger partial charge in [0.2, 0.25) is 0 Å². The van der Waals surface area contributed by atoms with E-state index in [2.05, 4.69) is 41.5 Å². The van der Waals surface area contributed by atoms with Crippen molar-refractivity contribution in [3.63, 3.8) is 0 Å². The van der Waals surface area contributed by atoms with Crippen molar-refractivity contribution in [2.24, 2.45) is 17.3 Å². The number of rotatable bonds is 2. The monoisotopic (exact) mass is 416 g/mol. The molecule has 0 aromatic carbocycles. The van der Waals surface area contributed by atoms with Gasteiger partial charge in [-0.3, -0.25) is 0 Å². The fraction of sp³-hybridized carbons (Fsp3) is 0.875. The van der Waals surface area contributed by atoms with Crippen molar-refractivity contribution in [2.45, 2.75) is 108 Å². The van der Waals surface area contributed by atoms with Crippen LogP contribution in [-0.4, -0.2) is 59.4 Å². The molecule has 0 aromatic heterocycles. The third kappa shape index (κ3) is 1.70. The Morgan fingerprint density at radius 3 is 2.60 bits per heavy atom. The van der Waals surface area contributed by atoms with Crippen LogP contribution in [0, 0.1) is 17.3 Å². The summed E-state index contributed by atoms with van der Waals surface area (Å²) in [6.45, 7) is 13.6. The number of carbonyl (C=O) groups excluding carboxylic acids is 1. The molecule has 7 rings (SSSR count). The number of epoxide rings is 3. The fourth-order valence-electron chi connectivity index (χ4n) is 8.20. The van der Waals surface area contributed by atoms with Gasteiger partial charge >= 0.3 is 5.97 Å². The highest BCUT2D eigenvalue weighted by molar-refractivity contribution is 5.92. The molecular weight excluding hydrogens is 384 g/mol. The number of hydrogen-bond donors (Lipinski definition) is 0. The first-order valence-electron chi connectivity index (χ1n) is 11.6. The topological polar surface area (TPSA) is 73.1 Å². The Morgan fingerprint density at radius 2 is 1.90 bits per heavy atom. The maximum Gasteiger partial charge on any atom is 0.334 e. The van der Waals surface area contributed by atoms with E-state index in [0.717, 1.165) is 24.8 Å². The zero-order chi connectivity index (χ0) is 21.1. The second kappa shape index (κ2) is 4.85. The first-order chi connectivity index (χ1) is 14.0. The highest BCUT2D eigenvalue weighted by Crippen LogP contribution is 2.83. The van der Waals surface area contributed by atoms with Gasteiger partial charge in [0.15, 0.2) is 5.60 Å². The number of ether oxygens (including phenoxy) is 5. The van der Waals surface area contributed by atoms with E-state index in [1.54, 1.807) is 0 Å². The van der Waals surface area contributed by atoms with Crippen LogP contribution in [0.3, 0.4) is 0 Å². The van der Waals surface area contributed by atoms with Crippen molar-refractivity contribution in [3.05, 3.63) is 11.1 Å². The lowest BCUT2D eigenvalue weighted by Crippen LogP contribution is -2.70.